The lowest BCUT2D eigenvalue weighted by molar-refractivity contribution is 0.0950. The summed E-state index contributed by atoms with van der Waals surface area (Å²) in [6.07, 6.45) is 3.74. The van der Waals surface area contributed by atoms with E-state index in [9.17, 15) is 9.59 Å². The van der Waals surface area contributed by atoms with Crippen LogP contribution in [0.25, 0.3) is 0 Å². The first-order chi connectivity index (χ1) is 11.5. The molecule has 1 saturated heterocycles. The number of likely N-dealkylation sites (N-methyl/N-ethyl adjacent to an activating group) is 1. The van der Waals surface area contributed by atoms with Crippen LogP contribution in [0.5, 0.6) is 0 Å². The molecule has 2 N–H and O–H groups in total. The molecule has 1 fully saturated rings. The van der Waals surface area contributed by atoms with E-state index in [2.05, 4.69) is 32.6 Å². The Labute approximate surface area is 141 Å². The number of carbonyl (C=O) groups is 2. The molecule has 1 aromatic heterocycles. The van der Waals surface area contributed by atoms with Crippen molar-refractivity contribution in [2.24, 2.45) is 0 Å². The quantitative estimate of drug-likeness (QED) is 0.780. The van der Waals surface area contributed by atoms with Gasteiger partial charge in [0.1, 0.15) is 0 Å². The number of hydrogen-bond donors (Lipinski definition) is 2. The van der Waals surface area contributed by atoms with Crippen molar-refractivity contribution in [2.75, 3.05) is 33.7 Å². The zero-order valence-corrected chi connectivity index (χ0v) is 14.5. The predicted molar refractivity (Wildman–Crippen MR) is 87.4 cm³/mol. The molecule has 0 spiro atoms. The van der Waals surface area contributed by atoms with Crippen molar-refractivity contribution in [3.8, 4) is 0 Å². The smallest absolute Gasteiger partial charge is 0.317 e. The number of amides is 3. The van der Waals surface area contributed by atoms with E-state index in [4.69, 9.17) is 4.52 Å². The second-order valence-electron chi connectivity index (χ2n) is 6.05. The van der Waals surface area contributed by atoms with Crippen LogP contribution in [0.1, 0.15) is 42.7 Å². The number of piperidine rings is 1. The molecule has 1 aromatic rings. The third-order valence-corrected chi connectivity index (χ3v) is 4.30. The first-order valence-corrected chi connectivity index (χ1v) is 8.29. The summed E-state index contributed by atoms with van der Waals surface area (Å²) < 4.78 is 4.92. The average molecular weight is 338 g/mol. The minimum absolute atomic E-state index is 0.0470. The Morgan fingerprint density at radius 1 is 1.42 bits per heavy atom. The Bertz CT molecular complexity index is 561. The lowest BCUT2D eigenvalue weighted by Crippen LogP contribution is -2.45. The molecule has 0 bridgehead atoms. The van der Waals surface area contributed by atoms with Crippen LogP contribution in [0, 0.1) is 0 Å². The molecule has 0 aromatic carbocycles. The maximum absolute atomic E-state index is 12.1. The minimum atomic E-state index is -0.427. The summed E-state index contributed by atoms with van der Waals surface area (Å²) in [6.45, 7) is 4.95. The Balaban J connectivity index is 1.73. The van der Waals surface area contributed by atoms with Gasteiger partial charge in [0, 0.05) is 33.2 Å². The molecular formula is C15H26N6O3. The summed E-state index contributed by atoms with van der Waals surface area (Å²) in [4.78, 5) is 31.4. The molecule has 1 unspecified atom stereocenters. The highest BCUT2D eigenvalue weighted by molar-refractivity contribution is 5.89. The van der Waals surface area contributed by atoms with Crippen LogP contribution in [0.4, 0.5) is 4.79 Å². The summed E-state index contributed by atoms with van der Waals surface area (Å²) in [6, 6.07) is 0.371. The molecule has 2 rings (SSSR count). The molecule has 0 aliphatic carbocycles. The first kappa shape index (κ1) is 18.2. The fraction of sp³-hybridized carbons (Fsp3) is 0.733. The zero-order chi connectivity index (χ0) is 17.5. The monoisotopic (exact) mass is 338 g/mol. The molecule has 9 nitrogen and oxygen atoms in total. The lowest BCUT2D eigenvalue weighted by Gasteiger charge is -2.34. The number of urea groups is 1. The average Bonchev–Trinajstić information content (AvgIpc) is 3.07. The molecular weight excluding hydrogens is 312 g/mol. The van der Waals surface area contributed by atoms with Crippen molar-refractivity contribution < 1.29 is 14.1 Å². The van der Waals surface area contributed by atoms with Crippen molar-refractivity contribution >= 4 is 11.9 Å². The van der Waals surface area contributed by atoms with Crippen molar-refractivity contribution in [1.29, 1.82) is 0 Å². The van der Waals surface area contributed by atoms with E-state index in [1.807, 2.05) is 0 Å². The standard InChI is InChI=1S/C15H26N6O3/c1-11-6-4-5-7-21(11)9-8-20(3)15(23)17-10-12-18-13(19-24-12)14(22)16-2/h11H,4-10H2,1-3H3,(H,16,22)(H,17,23). The molecule has 134 valence electrons. The number of rotatable bonds is 6. The summed E-state index contributed by atoms with van der Waals surface area (Å²) in [5, 5.41) is 8.66. The number of nitrogens with zero attached hydrogens (tertiary/aromatic N) is 4. The van der Waals surface area contributed by atoms with Crippen LogP contribution in [-0.2, 0) is 6.54 Å². The second kappa shape index (κ2) is 8.62. The minimum Gasteiger partial charge on any atom is -0.352 e. The van der Waals surface area contributed by atoms with Crippen LogP contribution in [0.2, 0.25) is 0 Å². The molecule has 1 atom stereocenters. The topological polar surface area (TPSA) is 104 Å². The number of carbonyl (C=O) groups excluding carboxylic acids is 2. The van der Waals surface area contributed by atoms with Crippen molar-refractivity contribution in [3.05, 3.63) is 11.7 Å². The Morgan fingerprint density at radius 3 is 2.92 bits per heavy atom. The Hall–Kier alpha value is -2.16. The van der Waals surface area contributed by atoms with Gasteiger partial charge >= 0.3 is 6.03 Å². The maximum atomic E-state index is 12.1. The van der Waals surface area contributed by atoms with Crippen LogP contribution in [0.15, 0.2) is 4.52 Å². The highest BCUT2D eigenvalue weighted by Gasteiger charge is 2.19. The van der Waals surface area contributed by atoms with Gasteiger partial charge < -0.3 is 20.1 Å². The zero-order valence-electron chi connectivity index (χ0n) is 14.5. The van der Waals surface area contributed by atoms with Gasteiger partial charge in [0.2, 0.25) is 5.89 Å². The van der Waals surface area contributed by atoms with E-state index in [0.29, 0.717) is 12.6 Å². The maximum Gasteiger partial charge on any atom is 0.317 e. The summed E-state index contributed by atoms with van der Waals surface area (Å²) in [5.41, 5.74) is 0. The van der Waals surface area contributed by atoms with E-state index in [1.165, 1.54) is 26.3 Å². The van der Waals surface area contributed by atoms with E-state index in [-0.39, 0.29) is 24.3 Å². The van der Waals surface area contributed by atoms with Gasteiger partial charge in [-0.2, -0.15) is 4.98 Å². The number of hydrogen-bond acceptors (Lipinski definition) is 6. The van der Waals surface area contributed by atoms with Crippen molar-refractivity contribution in [2.45, 2.75) is 38.8 Å². The largest absolute Gasteiger partial charge is 0.352 e. The van der Waals surface area contributed by atoms with Gasteiger partial charge in [0.05, 0.1) is 6.54 Å². The second-order valence-corrected chi connectivity index (χ2v) is 6.05. The molecule has 0 radical (unpaired) electrons. The number of likely N-dealkylation sites (tertiary alicyclic amines) is 1. The van der Waals surface area contributed by atoms with Gasteiger partial charge in [-0.1, -0.05) is 11.6 Å². The molecule has 0 saturated carbocycles. The van der Waals surface area contributed by atoms with Crippen molar-refractivity contribution in [1.82, 2.24) is 30.6 Å². The van der Waals surface area contributed by atoms with E-state index < -0.39 is 5.91 Å². The van der Waals surface area contributed by atoms with Crippen LogP contribution >= 0.6 is 0 Å². The molecule has 24 heavy (non-hydrogen) atoms. The molecule has 3 amide bonds. The predicted octanol–water partition coefficient (Wildman–Crippen LogP) is 0.445. The van der Waals surface area contributed by atoms with E-state index in [1.54, 1.807) is 11.9 Å². The van der Waals surface area contributed by atoms with E-state index >= 15 is 0 Å². The van der Waals surface area contributed by atoms with Crippen LogP contribution in [-0.4, -0.2) is 71.7 Å². The number of nitrogens with one attached hydrogen (secondary N) is 2. The van der Waals surface area contributed by atoms with Gasteiger partial charge in [-0.3, -0.25) is 9.69 Å². The SMILES string of the molecule is CNC(=O)c1noc(CNC(=O)N(C)CCN2CCCCC2C)n1. The third kappa shape index (κ3) is 4.92. The molecule has 1 aliphatic heterocycles. The van der Waals surface area contributed by atoms with Gasteiger partial charge in [0.25, 0.3) is 11.7 Å². The van der Waals surface area contributed by atoms with Gasteiger partial charge in [-0.25, -0.2) is 4.79 Å². The summed E-state index contributed by atoms with van der Waals surface area (Å²) in [7, 11) is 3.24. The molecule has 2 heterocycles. The molecule has 9 heteroatoms. The van der Waals surface area contributed by atoms with E-state index in [0.717, 1.165) is 13.1 Å². The lowest BCUT2D eigenvalue weighted by atomic mass is 10.0. The summed E-state index contributed by atoms with van der Waals surface area (Å²) >= 11 is 0. The third-order valence-electron chi connectivity index (χ3n) is 4.30. The fourth-order valence-corrected chi connectivity index (χ4v) is 2.69. The first-order valence-electron chi connectivity index (χ1n) is 8.29. The normalized spacial score (nSPS) is 18.2. The Morgan fingerprint density at radius 2 is 2.21 bits per heavy atom. The van der Waals surface area contributed by atoms with Crippen LogP contribution in [0.3, 0.4) is 0 Å². The molecule has 1 aliphatic rings. The van der Waals surface area contributed by atoms with Crippen molar-refractivity contribution in [3.63, 3.8) is 0 Å². The highest BCUT2D eigenvalue weighted by Crippen LogP contribution is 2.15. The van der Waals surface area contributed by atoms with Crippen LogP contribution < -0.4 is 10.6 Å². The highest BCUT2D eigenvalue weighted by atomic mass is 16.5. The van der Waals surface area contributed by atoms with Gasteiger partial charge in [-0.05, 0) is 26.3 Å². The Kier molecular flexibility index (Phi) is 6.53. The van der Waals surface area contributed by atoms with Gasteiger partial charge in [0.15, 0.2) is 0 Å². The van der Waals surface area contributed by atoms with Gasteiger partial charge in [-0.15, -0.1) is 0 Å². The fourth-order valence-electron chi connectivity index (χ4n) is 2.69. The number of aromatic nitrogens is 2. The summed E-state index contributed by atoms with van der Waals surface area (Å²) in [5.74, 6) is -0.279.